The SMILES string of the molecule is COCCCn1c(C2CCNCC2)nc2ccccc21. The molecule has 0 bridgehead atoms. The highest BCUT2D eigenvalue weighted by Gasteiger charge is 2.21. The Balaban J connectivity index is 1.93. The highest BCUT2D eigenvalue weighted by Crippen LogP contribution is 2.28. The largest absolute Gasteiger partial charge is 0.385 e. The van der Waals surface area contributed by atoms with Gasteiger partial charge in [-0.05, 0) is 44.5 Å². The molecule has 1 aliphatic rings. The second-order valence-corrected chi connectivity index (χ2v) is 5.48. The van der Waals surface area contributed by atoms with Gasteiger partial charge in [0.2, 0.25) is 0 Å². The summed E-state index contributed by atoms with van der Waals surface area (Å²) in [6.45, 7) is 4.00. The predicted molar refractivity (Wildman–Crippen MR) is 81.1 cm³/mol. The Kier molecular flexibility index (Phi) is 4.33. The standard InChI is InChI=1S/C16H23N3O/c1-20-12-4-11-19-15-6-3-2-5-14(15)18-16(19)13-7-9-17-10-8-13/h2-3,5-6,13,17H,4,7-12H2,1H3. The number of aryl methyl sites for hydroxylation is 1. The Hall–Kier alpha value is -1.39. The molecule has 0 spiro atoms. The molecule has 0 atom stereocenters. The van der Waals surface area contributed by atoms with E-state index < -0.39 is 0 Å². The molecule has 1 aromatic carbocycles. The Morgan fingerprint density at radius 3 is 2.90 bits per heavy atom. The molecule has 1 aromatic heterocycles. The summed E-state index contributed by atoms with van der Waals surface area (Å²) in [6, 6.07) is 8.47. The molecule has 1 aliphatic heterocycles. The van der Waals surface area contributed by atoms with E-state index in [2.05, 4.69) is 34.1 Å². The van der Waals surface area contributed by atoms with Crippen molar-refractivity contribution in [1.82, 2.24) is 14.9 Å². The number of para-hydroxylation sites is 2. The molecule has 4 nitrogen and oxygen atoms in total. The van der Waals surface area contributed by atoms with Crippen LogP contribution in [-0.2, 0) is 11.3 Å². The average molecular weight is 273 g/mol. The number of ether oxygens (including phenoxy) is 1. The first kappa shape index (κ1) is 13.6. The Morgan fingerprint density at radius 1 is 1.30 bits per heavy atom. The molecule has 108 valence electrons. The minimum atomic E-state index is 0.589. The van der Waals surface area contributed by atoms with Gasteiger partial charge in [-0.3, -0.25) is 0 Å². The molecule has 0 aliphatic carbocycles. The maximum Gasteiger partial charge on any atom is 0.113 e. The summed E-state index contributed by atoms with van der Waals surface area (Å²) in [5, 5.41) is 3.43. The van der Waals surface area contributed by atoms with E-state index in [9.17, 15) is 0 Å². The maximum absolute atomic E-state index is 5.19. The lowest BCUT2D eigenvalue weighted by Gasteiger charge is -2.23. The van der Waals surface area contributed by atoms with Gasteiger partial charge in [0.05, 0.1) is 11.0 Å². The molecule has 4 heteroatoms. The lowest BCUT2D eigenvalue weighted by atomic mass is 9.97. The lowest BCUT2D eigenvalue weighted by Crippen LogP contribution is -2.28. The Labute approximate surface area is 120 Å². The van der Waals surface area contributed by atoms with Gasteiger partial charge >= 0.3 is 0 Å². The van der Waals surface area contributed by atoms with Gasteiger partial charge in [-0.2, -0.15) is 0 Å². The maximum atomic E-state index is 5.19. The molecule has 0 amide bonds. The van der Waals surface area contributed by atoms with Gasteiger partial charge in [-0.25, -0.2) is 4.98 Å². The van der Waals surface area contributed by atoms with Crippen molar-refractivity contribution in [1.29, 1.82) is 0 Å². The molecule has 1 fully saturated rings. The smallest absolute Gasteiger partial charge is 0.113 e. The second-order valence-electron chi connectivity index (χ2n) is 5.48. The molecular weight excluding hydrogens is 250 g/mol. The molecule has 1 N–H and O–H groups in total. The zero-order valence-corrected chi connectivity index (χ0v) is 12.1. The summed E-state index contributed by atoms with van der Waals surface area (Å²) in [5.41, 5.74) is 2.38. The molecular formula is C16H23N3O. The van der Waals surface area contributed by atoms with Crippen LogP contribution in [0.25, 0.3) is 11.0 Å². The number of piperidine rings is 1. The van der Waals surface area contributed by atoms with Gasteiger partial charge in [-0.15, -0.1) is 0 Å². The predicted octanol–water partition coefficient (Wildman–Crippen LogP) is 2.54. The van der Waals surface area contributed by atoms with Crippen LogP contribution >= 0.6 is 0 Å². The van der Waals surface area contributed by atoms with Crippen LogP contribution < -0.4 is 5.32 Å². The van der Waals surface area contributed by atoms with Crippen LogP contribution in [0.5, 0.6) is 0 Å². The third-order valence-corrected chi connectivity index (χ3v) is 4.12. The third-order valence-electron chi connectivity index (χ3n) is 4.12. The van der Waals surface area contributed by atoms with Gasteiger partial charge < -0.3 is 14.6 Å². The monoisotopic (exact) mass is 273 g/mol. The number of methoxy groups -OCH3 is 1. The number of nitrogens with zero attached hydrogens (tertiary/aromatic N) is 2. The van der Waals surface area contributed by atoms with Gasteiger partial charge in [-0.1, -0.05) is 12.1 Å². The van der Waals surface area contributed by atoms with Crippen molar-refractivity contribution in [3.8, 4) is 0 Å². The van der Waals surface area contributed by atoms with Gasteiger partial charge in [0.25, 0.3) is 0 Å². The van der Waals surface area contributed by atoms with Crippen molar-refractivity contribution in [2.75, 3.05) is 26.8 Å². The molecule has 1 saturated heterocycles. The van der Waals surface area contributed by atoms with Crippen molar-refractivity contribution < 1.29 is 4.74 Å². The van der Waals surface area contributed by atoms with Crippen molar-refractivity contribution in [2.24, 2.45) is 0 Å². The fraction of sp³-hybridized carbons (Fsp3) is 0.562. The first-order valence-corrected chi connectivity index (χ1v) is 7.55. The topological polar surface area (TPSA) is 39.1 Å². The number of hydrogen-bond donors (Lipinski definition) is 1. The highest BCUT2D eigenvalue weighted by atomic mass is 16.5. The average Bonchev–Trinajstić information content (AvgIpc) is 2.87. The number of hydrogen-bond acceptors (Lipinski definition) is 3. The van der Waals surface area contributed by atoms with Gasteiger partial charge in [0.15, 0.2) is 0 Å². The molecule has 0 saturated carbocycles. The van der Waals surface area contributed by atoms with E-state index in [-0.39, 0.29) is 0 Å². The zero-order chi connectivity index (χ0) is 13.8. The molecule has 20 heavy (non-hydrogen) atoms. The van der Waals surface area contributed by atoms with Crippen LogP contribution in [0.4, 0.5) is 0 Å². The number of imidazole rings is 1. The second kappa shape index (κ2) is 6.37. The third kappa shape index (κ3) is 2.72. The van der Waals surface area contributed by atoms with Crippen LogP contribution in [0.2, 0.25) is 0 Å². The van der Waals surface area contributed by atoms with E-state index in [4.69, 9.17) is 9.72 Å². The fourth-order valence-corrected chi connectivity index (χ4v) is 3.09. The van der Waals surface area contributed by atoms with Gasteiger partial charge in [0.1, 0.15) is 5.82 Å². The summed E-state index contributed by atoms with van der Waals surface area (Å²) >= 11 is 0. The van der Waals surface area contributed by atoms with E-state index in [0.29, 0.717) is 5.92 Å². The molecule has 3 rings (SSSR count). The minimum Gasteiger partial charge on any atom is -0.385 e. The van der Waals surface area contributed by atoms with E-state index in [0.717, 1.165) is 38.2 Å². The van der Waals surface area contributed by atoms with Crippen LogP contribution in [0.1, 0.15) is 31.0 Å². The Morgan fingerprint density at radius 2 is 2.10 bits per heavy atom. The van der Waals surface area contributed by atoms with Crippen molar-refractivity contribution in [2.45, 2.75) is 31.7 Å². The van der Waals surface area contributed by atoms with E-state index in [1.807, 2.05) is 0 Å². The van der Waals surface area contributed by atoms with Crippen molar-refractivity contribution in [3.63, 3.8) is 0 Å². The molecule has 0 unspecified atom stereocenters. The number of rotatable bonds is 5. The van der Waals surface area contributed by atoms with E-state index in [1.54, 1.807) is 7.11 Å². The lowest BCUT2D eigenvalue weighted by molar-refractivity contribution is 0.190. The van der Waals surface area contributed by atoms with Gasteiger partial charge in [0, 0.05) is 26.2 Å². The van der Waals surface area contributed by atoms with Crippen LogP contribution in [0.3, 0.4) is 0 Å². The number of nitrogens with one attached hydrogen (secondary N) is 1. The quantitative estimate of drug-likeness (QED) is 0.851. The minimum absolute atomic E-state index is 0.589. The Bertz CT molecular complexity index is 558. The summed E-state index contributed by atoms with van der Waals surface area (Å²) in [5.74, 6) is 1.86. The number of fused-ring (bicyclic) bond motifs is 1. The van der Waals surface area contributed by atoms with Crippen LogP contribution in [-0.4, -0.2) is 36.4 Å². The fourth-order valence-electron chi connectivity index (χ4n) is 3.09. The summed E-state index contributed by atoms with van der Waals surface area (Å²) < 4.78 is 7.60. The first-order chi connectivity index (χ1) is 9.90. The van der Waals surface area contributed by atoms with Crippen molar-refractivity contribution in [3.05, 3.63) is 30.1 Å². The molecule has 0 radical (unpaired) electrons. The first-order valence-electron chi connectivity index (χ1n) is 7.55. The molecule has 2 heterocycles. The molecule has 2 aromatic rings. The number of aromatic nitrogens is 2. The zero-order valence-electron chi connectivity index (χ0n) is 12.1. The van der Waals surface area contributed by atoms with Crippen LogP contribution in [0, 0.1) is 0 Å². The highest BCUT2D eigenvalue weighted by molar-refractivity contribution is 5.76. The van der Waals surface area contributed by atoms with Crippen LogP contribution in [0.15, 0.2) is 24.3 Å². The van der Waals surface area contributed by atoms with Crippen molar-refractivity contribution >= 4 is 11.0 Å². The summed E-state index contributed by atoms with van der Waals surface area (Å²) in [4.78, 5) is 4.91. The van der Waals surface area contributed by atoms with E-state index in [1.165, 1.54) is 24.2 Å². The summed E-state index contributed by atoms with van der Waals surface area (Å²) in [6.07, 6.45) is 3.41. The van der Waals surface area contributed by atoms with E-state index >= 15 is 0 Å². The number of benzene rings is 1. The normalized spacial score (nSPS) is 16.9. The summed E-state index contributed by atoms with van der Waals surface area (Å²) in [7, 11) is 1.76.